The van der Waals surface area contributed by atoms with Gasteiger partial charge < -0.3 is 10.2 Å². The number of aryl methyl sites for hydroxylation is 1. The molecule has 0 bridgehead atoms. The topological polar surface area (TPSA) is 32.3 Å². The average molecular weight is 294 g/mol. The summed E-state index contributed by atoms with van der Waals surface area (Å²) in [6.07, 6.45) is 1.47. The van der Waals surface area contributed by atoms with Gasteiger partial charge in [0, 0.05) is 32.6 Å². The van der Waals surface area contributed by atoms with Crippen LogP contribution in [0.1, 0.15) is 12.0 Å². The fraction of sp³-hybridized carbons (Fsp3) is 0.421. The molecule has 2 fully saturated rings. The molecule has 3 nitrogen and oxygen atoms in total. The Kier molecular flexibility index (Phi) is 3.59. The van der Waals surface area contributed by atoms with Crippen molar-refractivity contribution in [1.29, 1.82) is 0 Å². The molecular weight excluding hydrogens is 272 g/mol. The first-order valence-electron chi connectivity index (χ1n) is 8.26. The van der Waals surface area contributed by atoms with E-state index in [9.17, 15) is 4.79 Å². The molecule has 2 atom stereocenters. The van der Waals surface area contributed by atoms with E-state index in [1.54, 1.807) is 0 Å². The highest BCUT2D eigenvalue weighted by molar-refractivity contribution is 5.83. The predicted octanol–water partition coefficient (Wildman–Crippen LogP) is 2.45. The van der Waals surface area contributed by atoms with Gasteiger partial charge >= 0.3 is 0 Å². The molecule has 2 aromatic rings. The summed E-state index contributed by atoms with van der Waals surface area (Å²) in [6.45, 7) is 4.07. The smallest absolute Gasteiger partial charge is 0.222 e. The number of hydrogen-bond donors (Lipinski definition) is 1. The second kappa shape index (κ2) is 5.73. The lowest BCUT2D eigenvalue weighted by Crippen LogP contribution is -2.31. The Labute approximate surface area is 131 Å². The SMILES string of the molecule is O=C(CCc1ccc2ccccc2c1)N1C[C@H]2CNC[C@H]2C1. The first kappa shape index (κ1) is 13.8. The zero-order valence-electron chi connectivity index (χ0n) is 12.8. The summed E-state index contributed by atoms with van der Waals surface area (Å²) in [5.41, 5.74) is 1.26. The summed E-state index contributed by atoms with van der Waals surface area (Å²) >= 11 is 0. The molecule has 4 rings (SSSR count). The predicted molar refractivity (Wildman–Crippen MR) is 88.7 cm³/mol. The third-order valence-corrected chi connectivity index (χ3v) is 5.18. The van der Waals surface area contributed by atoms with E-state index >= 15 is 0 Å². The highest BCUT2D eigenvalue weighted by atomic mass is 16.2. The van der Waals surface area contributed by atoms with E-state index in [-0.39, 0.29) is 0 Å². The van der Waals surface area contributed by atoms with Crippen LogP contribution in [-0.2, 0) is 11.2 Å². The van der Waals surface area contributed by atoms with Crippen molar-refractivity contribution in [1.82, 2.24) is 10.2 Å². The van der Waals surface area contributed by atoms with Crippen LogP contribution in [-0.4, -0.2) is 37.0 Å². The zero-order chi connectivity index (χ0) is 14.9. The van der Waals surface area contributed by atoms with Gasteiger partial charge in [-0.25, -0.2) is 0 Å². The lowest BCUT2D eigenvalue weighted by molar-refractivity contribution is -0.130. The van der Waals surface area contributed by atoms with Crippen LogP contribution in [0.2, 0.25) is 0 Å². The van der Waals surface area contributed by atoms with Crippen molar-refractivity contribution in [2.24, 2.45) is 11.8 Å². The molecule has 1 N–H and O–H groups in total. The maximum Gasteiger partial charge on any atom is 0.222 e. The molecule has 0 aromatic heterocycles. The molecule has 1 amide bonds. The van der Waals surface area contributed by atoms with Crippen LogP contribution in [0.25, 0.3) is 10.8 Å². The molecule has 0 radical (unpaired) electrons. The summed E-state index contributed by atoms with van der Waals surface area (Å²) in [5.74, 6) is 1.69. The number of hydrogen-bond acceptors (Lipinski definition) is 2. The van der Waals surface area contributed by atoms with E-state index in [0.717, 1.165) is 32.6 Å². The number of carbonyl (C=O) groups is 1. The van der Waals surface area contributed by atoms with E-state index in [2.05, 4.69) is 52.7 Å². The van der Waals surface area contributed by atoms with Gasteiger partial charge in [0.05, 0.1) is 0 Å². The Morgan fingerprint density at radius 1 is 1.05 bits per heavy atom. The number of rotatable bonds is 3. The molecule has 2 saturated heterocycles. The van der Waals surface area contributed by atoms with Crippen LogP contribution in [0.5, 0.6) is 0 Å². The fourth-order valence-corrected chi connectivity index (χ4v) is 3.86. The molecular formula is C19H22N2O. The molecule has 3 heteroatoms. The maximum atomic E-state index is 12.4. The quantitative estimate of drug-likeness (QED) is 0.943. The largest absolute Gasteiger partial charge is 0.342 e. The van der Waals surface area contributed by atoms with Gasteiger partial charge in [0.2, 0.25) is 5.91 Å². The average Bonchev–Trinajstić information content (AvgIpc) is 3.14. The van der Waals surface area contributed by atoms with Crippen molar-refractivity contribution in [2.45, 2.75) is 12.8 Å². The minimum absolute atomic E-state index is 0.322. The second-order valence-electron chi connectivity index (χ2n) is 6.66. The number of fused-ring (bicyclic) bond motifs is 2. The molecule has 2 aromatic carbocycles. The fourth-order valence-electron chi connectivity index (χ4n) is 3.86. The van der Waals surface area contributed by atoms with Crippen LogP contribution in [0, 0.1) is 11.8 Å². The number of amides is 1. The van der Waals surface area contributed by atoms with Gasteiger partial charge in [-0.05, 0) is 34.6 Å². The number of nitrogens with one attached hydrogen (secondary N) is 1. The van der Waals surface area contributed by atoms with E-state index in [0.29, 0.717) is 24.2 Å². The van der Waals surface area contributed by atoms with Crippen LogP contribution in [0.4, 0.5) is 0 Å². The van der Waals surface area contributed by atoms with Crippen LogP contribution >= 0.6 is 0 Å². The summed E-state index contributed by atoms with van der Waals surface area (Å²) in [6, 6.07) is 14.9. The van der Waals surface area contributed by atoms with Crippen molar-refractivity contribution in [3.63, 3.8) is 0 Å². The summed E-state index contributed by atoms with van der Waals surface area (Å²) in [5, 5.41) is 5.94. The zero-order valence-corrected chi connectivity index (χ0v) is 12.8. The first-order chi connectivity index (χ1) is 10.8. The third kappa shape index (κ3) is 2.61. The normalized spacial score (nSPS) is 23.9. The van der Waals surface area contributed by atoms with Gasteiger partial charge in [0.25, 0.3) is 0 Å². The monoisotopic (exact) mass is 294 g/mol. The van der Waals surface area contributed by atoms with E-state index in [4.69, 9.17) is 0 Å². The lowest BCUT2D eigenvalue weighted by Gasteiger charge is -2.17. The summed E-state index contributed by atoms with van der Waals surface area (Å²) in [4.78, 5) is 14.5. The minimum atomic E-state index is 0.322. The van der Waals surface area contributed by atoms with Gasteiger partial charge in [-0.15, -0.1) is 0 Å². The Hall–Kier alpha value is -1.87. The van der Waals surface area contributed by atoms with Crippen molar-refractivity contribution in [2.75, 3.05) is 26.2 Å². The molecule has 114 valence electrons. The van der Waals surface area contributed by atoms with Gasteiger partial charge in [-0.1, -0.05) is 42.5 Å². The van der Waals surface area contributed by atoms with Crippen LogP contribution in [0.15, 0.2) is 42.5 Å². The Morgan fingerprint density at radius 2 is 1.77 bits per heavy atom. The molecule has 22 heavy (non-hydrogen) atoms. The molecule has 2 heterocycles. The molecule has 0 spiro atoms. The van der Waals surface area contributed by atoms with E-state index < -0.39 is 0 Å². The molecule has 0 aliphatic carbocycles. The van der Waals surface area contributed by atoms with Gasteiger partial charge in [0.1, 0.15) is 0 Å². The minimum Gasteiger partial charge on any atom is -0.342 e. The maximum absolute atomic E-state index is 12.4. The van der Waals surface area contributed by atoms with Crippen molar-refractivity contribution in [3.8, 4) is 0 Å². The molecule has 0 saturated carbocycles. The van der Waals surface area contributed by atoms with Gasteiger partial charge in [-0.3, -0.25) is 4.79 Å². The first-order valence-corrected chi connectivity index (χ1v) is 8.26. The van der Waals surface area contributed by atoms with E-state index in [1.807, 2.05) is 0 Å². The van der Waals surface area contributed by atoms with Crippen molar-refractivity contribution < 1.29 is 4.79 Å². The standard InChI is InChI=1S/C19H22N2O/c22-19(21-12-17-10-20-11-18(17)13-21)8-6-14-5-7-15-3-1-2-4-16(15)9-14/h1-5,7,9,17-18,20H,6,8,10-13H2/t17-,18+. The number of carbonyl (C=O) groups excluding carboxylic acids is 1. The molecule has 0 unspecified atom stereocenters. The summed E-state index contributed by atoms with van der Waals surface area (Å²) in [7, 11) is 0. The van der Waals surface area contributed by atoms with Gasteiger partial charge in [0.15, 0.2) is 0 Å². The highest BCUT2D eigenvalue weighted by Crippen LogP contribution is 2.27. The number of likely N-dealkylation sites (tertiary alicyclic amines) is 1. The van der Waals surface area contributed by atoms with Gasteiger partial charge in [-0.2, -0.15) is 0 Å². The Bertz CT molecular complexity index is 685. The second-order valence-corrected chi connectivity index (χ2v) is 6.66. The highest BCUT2D eigenvalue weighted by Gasteiger charge is 2.37. The Balaban J connectivity index is 1.38. The third-order valence-electron chi connectivity index (χ3n) is 5.18. The number of nitrogens with zero attached hydrogens (tertiary/aromatic N) is 1. The van der Waals surface area contributed by atoms with Crippen LogP contribution < -0.4 is 5.32 Å². The lowest BCUT2D eigenvalue weighted by atomic mass is 10.0. The molecule has 2 aliphatic heterocycles. The van der Waals surface area contributed by atoms with Crippen molar-refractivity contribution in [3.05, 3.63) is 48.0 Å². The summed E-state index contributed by atoms with van der Waals surface area (Å²) < 4.78 is 0. The van der Waals surface area contributed by atoms with E-state index in [1.165, 1.54) is 16.3 Å². The Morgan fingerprint density at radius 3 is 2.55 bits per heavy atom. The van der Waals surface area contributed by atoms with Crippen molar-refractivity contribution >= 4 is 16.7 Å². The van der Waals surface area contributed by atoms with Crippen LogP contribution in [0.3, 0.4) is 0 Å². The molecule has 2 aliphatic rings. The number of benzene rings is 2.